The summed E-state index contributed by atoms with van der Waals surface area (Å²) in [5.41, 5.74) is 1.13. The Balaban J connectivity index is 2.27. The van der Waals surface area contributed by atoms with Gasteiger partial charge < -0.3 is 10.0 Å². The van der Waals surface area contributed by atoms with Crippen molar-refractivity contribution >= 4 is 11.9 Å². The summed E-state index contributed by atoms with van der Waals surface area (Å²) in [5, 5.41) is 9.16. The number of carbonyl (C=O) groups is 2. The molecule has 18 heavy (non-hydrogen) atoms. The predicted molar refractivity (Wildman–Crippen MR) is 65.3 cm³/mol. The molecule has 1 aromatic heterocycles. The summed E-state index contributed by atoms with van der Waals surface area (Å²) >= 11 is 0. The smallest absolute Gasteiger partial charge is 0.326 e. The molecule has 5 heteroatoms. The number of aliphatic carboxylic acids is 1. The number of hydrogen-bond donors (Lipinski definition) is 1. The molecule has 1 atom stereocenters. The van der Waals surface area contributed by atoms with Crippen LogP contribution in [-0.4, -0.2) is 39.5 Å². The van der Waals surface area contributed by atoms with Crippen LogP contribution in [0.4, 0.5) is 0 Å². The van der Waals surface area contributed by atoms with Crippen molar-refractivity contribution in [1.29, 1.82) is 0 Å². The van der Waals surface area contributed by atoms with Gasteiger partial charge in [0.25, 0.3) is 5.91 Å². The molecule has 1 aromatic rings. The van der Waals surface area contributed by atoms with Crippen LogP contribution in [0, 0.1) is 6.92 Å². The third kappa shape index (κ3) is 2.34. The van der Waals surface area contributed by atoms with Crippen molar-refractivity contribution in [3.8, 4) is 0 Å². The van der Waals surface area contributed by atoms with Crippen LogP contribution in [0.25, 0.3) is 0 Å². The molecule has 1 aliphatic heterocycles. The fraction of sp³-hybridized carbons (Fsp3) is 0.462. The Morgan fingerprint density at radius 1 is 1.44 bits per heavy atom. The number of aromatic nitrogens is 1. The topological polar surface area (TPSA) is 70.5 Å². The largest absolute Gasteiger partial charge is 0.480 e. The highest BCUT2D eigenvalue weighted by molar-refractivity contribution is 5.97. The van der Waals surface area contributed by atoms with Gasteiger partial charge in [-0.25, -0.2) is 4.79 Å². The number of aryl methyl sites for hydroxylation is 1. The predicted octanol–water partition coefficient (Wildman–Crippen LogP) is 1.47. The Hall–Kier alpha value is -1.91. The molecule has 1 saturated heterocycles. The number of rotatable bonds is 2. The zero-order chi connectivity index (χ0) is 13.1. The lowest BCUT2D eigenvalue weighted by molar-refractivity contribution is -0.143. The molecular weight excluding hydrogens is 232 g/mol. The number of hydrogen-bond acceptors (Lipinski definition) is 3. The SMILES string of the molecule is Cc1ncccc1C(=O)N1CCCC[C@@H]1C(=O)O. The third-order valence-corrected chi connectivity index (χ3v) is 3.29. The van der Waals surface area contributed by atoms with Gasteiger partial charge in [-0.3, -0.25) is 9.78 Å². The third-order valence-electron chi connectivity index (χ3n) is 3.29. The average Bonchev–Trinajstić information content (AvgIpc) is 2.38. The van der Waals surface area contributed by atoms with E-state index in [1.807, 2.05) is 0 Å². The van der Waals surface area contributed by atoms with Crippen LogP contribution in [0.15, 0.2) is 18.3 Å². The molecule has 96 valence electrons. The summed E-state index contributed by atoms with van der Waals surface area (Å²) in [6.45, 7) is 2.26. The number of piperidine rings is 1. The van der Waals surface area contributed by atoms with E-state index in [0.29, 0.717) is 24.2 Å². The molecule has 1 N–H and O–H groups in total. The minimum atomic E-state index is -0.926. The molecule has 1 amide bonds. The molecule has 2 rings (SSSR count). The first-order valence-electron chi connectivity index (χ1n) is 6.06. The van der Waals surface area contributed by atoms with Crippen LogP contribution < -0.4 is 0 Å². The standard InChI is InChI=1S/C13H16N2O3/c1-9-10(5-4-7-14-9)12(16)15-8-3-2-6-11(15)13(17)18/h4-5,7,11H,2-3,6,8H2,1H3,(H,17,18)/t11-/m1/s1. The number of nitrogens with zero attached hydrogens (tertiary/aromatic N) is 2. The Kier molecular flexibility index (Phi) is 3.60. The molecule has 0 unspecified atom stereocenters. The molecule has 0 spiro atoms. The maximum Gasteiger partial charge on any atom is 0.326 e. The first kappa shape index (κ1) is 12.5. The van der Waals surface area contributed by atoms with Crippen LogP contribution in [0.1, 0.15) is 35.3 Å². The fourth-order valence-electron chi connectivity index (χ4n) is 2.30. The molecule has 5 nitrogen and oxygen atoms in total. The Morgan fingerprint density at radius 3 is 2.89 bits per heavy atom. The quantitative estimate of drug-likeness (QED) is 0.860. The number of carboxylic acid groups (broad SMARTS) is 1. The molecule has 0 bridgehead atoms. The normalized spacial score (nSPS) is 19.6. The lowest BCUT2D eigenvalue weighted by Crippen LogP contribution is -2.48. The van der Waals surface area contributed by atoms with E-state index < -0.39 is 12.0 Å². The first-order valence-corrected chi connectivity index (χ1v) is 6.06. The zero-order valence-electron chi connectivity index (χ0n) is 10.3. The van der Waals surface area contributed by atoms with Crippen LogP contribution >= 0.6 is 0 Å². The van der Waals surface area contributed by atoms with Crippen LogP contribution in [0.5, 0.6) is 0 Å². The maximum absolute atomic E-state index is 12.4. The summed E-state index contributed by atoms with van der Waals surface area (Å²) in [5.74, 6) is -1.16. The van der Waals surface area contributed by atoms with E-state index in [1.54, 1.807) is 25.3 Å². The summed E-state index contributed by atoms with van der Waals surface area (Å²) < 4.78 is 0. The van der Waals surface area contributed by atoms with Crippen molar-refractivity contribution in [1.82, 2.24) is 9.88 Å². The Morgan fingerprint density at radius 2 is 2.22 bits per heavy atom. The highest BCUT2D eigenvalue weighted by Crippen LogP contribution is 2.20. The van der Waals surface area contributed by atoms with Gasteiger partial charge in [0.05, 0.1) is 5.56 Å². The molecule has 0 radical (unpaired) electrons. The van der Waals surface area contributed by atoms with E-state index in [4.69, 9.17) is 5.11 Å². The minimum Gasteiger partial charge on any atom is -0.480 e. The molecule has 2 heterocycles. The van der Waals surface area contributed by atoms with Crippen molar-refractivity contribution in [2.45, 2.75) is 32.2 Å². The van der Waals surface area contributed by atoms with Gasteiger partial charge in [0, 0.05) is 18.4 Å². The number of pyridine rings is 1. The van der Waals surface area contributed by atoms with Gasteiger partial charge in [-0.15, -0.1) is 0 Å². The van der Waals surface area contributed by atoms with Gasteiger partial charge in [-0.05, 0) is 38.3 Å². The first-order chi connectivity index (χ1) is 8.61. The van der Waals surface area contributed by atoms with Crippen molar-refractivity contribution in [3.63, 3.8) is 0 Å². The zero-order valence-corrected chi connectivity index (χ0v) is 10.3. The number of likely N-dealkylation sites (tertiary alicyclic amines) is 1. The minimum absolute atomic E-state index is 0.229. The van der Waals surface area contributed by atoms with Crippen LogP contribution in [0.2, 0.25) is 0 Å². The molecule has 0 saturated carbocycles. The van der Waals surface area contributed by atoms with Gasteiger partial charge in [0.2, 0.25) is 0 Å². The van der Waals surface area contributed by atoms with Crippen LogP contribution in [-0.2, 0) is 4.79 Å². The van der Waals surface area contributed by atoms with Crippen LogP contribution in [0.3, 0.4) is 0 Å². The highest BCUT2D eigenvalue weighted by atomic mass is 16.4. The monoisotopic (exact) mass is 248 g/mol. The van der Waals surface area contributed by atoms with E-state index in [9.17, 15) is 9.59 Å². The van der Waals surface area contributed by atoms with Gasteiger partial charge in [-0.1, -0.05) is 0 Å². The van der Waals surface area contributed by atoms with E-state index in [0.717, 1.165) is 12.8 Å². The second kappa shape index (κ2) is 5.16. The molecule has 0 aliphatic carbocycles. The van der Waals surface area contributed by atoms with Crippen molar-refractivity contribution in [3.05, 3.63) is 29.6 Å². The molecule has 1 aliphatic rings. The van der Waals surface area contributed by atoms with Gasteiger partial charge in [-0.2, -0.15) is 0 Å². The van der Waals surface area contributed by atoms with Gasteiger partial charge in [0.1, 0.15) is 6.04 Å². The summed E-state index contributed by atoms with van der Waals surface area (Å²) in [7, 11) is 0. The lowest BCUT2D eigenvalue weighted by atomic mass is 10.0. The van der Waals surface area contributed by atoms with Crippen molar-refractivity contribution < 1.29 is 14.7 Å². The van der Waals surface area contributed by atoms with Gasteiger partial charge in [0.15, 0.2) is 0 Å². The summed E-state index contributed by atoms with van der Waals surface area (Å²) in [4.78, 5) is 29.1. The Bertz CT molecular complexity index is 473. The van der Waals surface area contributed by atoms with Gasteiger partial charge >= 0.3 is 5.97 Å². The average molecular weight is 248 g/mol. The van der Waals surface area contributed by atoms with E-state index in [-0.39, 0.29) is 5.91 Å². The van der Waals surface area contributed by atoms with E-state index in [1.165, 1.54) is 4.90 Å². The number of carbonyl (C=O) groups excluding carboxylic acids is 1. The fourth-order valence-corrected chi connectivity index (χ4v) is 2.30. The highest BCUT2D eigenvalue weighted by Gasteiger charge is 2.32. The number of amides is 1. The second-order valence-corrected chi connectivity index (χ2v) is 4.48. The second-order valence-electron chi connectivity index (χ2n) is 4.48. The molecule has 1 fully saturated rings. The number of carboxylic acids is 1. The summed E-state index contributed by atoms with van der Waals surface area (Å²) in [6.07, 6.45) is 3.86. The molecule has 0 aromatic carbocycles. The lowest BCUT2D eigenvalue weighted by Gasteiger charge is -2.33. The summed E-state index contributed by atoms with van der Waals surface area (Å²) in [6, 6.07) is 2.68. The van der Waals surface area contributed by atoms with E-state index in [2.05, 4.69) is 4.98 Å². The maximum atomic E-state index is 12.4. The van der Waals surface area contributed by atoms with Crippen molar-refractivity contribution in [2.75, 3.05) is 6.54 Å². The Labute approximate surface area is 105 Å². The molecular formula is C13H16N2O3. The van der Waals surface area contributed by atoms with Crippen molar-refractivity contribution in [2.24, 2.45) is 0 Å². The van der Waals surface area contributed by atoms with E-state index >= 15 is 0 Å².